The number of nitrogens with zero attached hydrogens (tertiary/aromatic N) is 2. The number of urea groups is 1. The average molecular weight is 450 g/mol. The first-order valence-electron chi connectivity index (χ1n) is 10.3. The van der Waals surface area contributed by atoms with Crippen LogP contribution < -0.4 is 20.1 Å². The van der Waals surface area contributed by atoms with Gasteiger partial charge in [-0.1, -0.05) is 0 Å². The third-order valence-electron chi connectivity index (χ3n) is 5.81. The maximum absolute atomic E-state index is 13.9. The Morgan fingerprint density at radius 2 is 2.06 bits per heavy atom. The van der Waals surface area contributed by atoms with Crippen LogP contribution in [0.25, 0.3) is 0 Å². The number of hydrogen-bond donors (Lipinski definition) is 2. The summed E-state index contributed by atoms with van der Waals surface area (Å²) in [6.07, 6.45) is 1.92. The van der Waals surface area contributed by atoms with Crippen LogP contribution in [0.1, 0.15) is 23.6 Å². The predicted octanol–water partition coefficient (Wildman–Crippen LogP) is 4.34. The zero-order valence-electron chi connectivity index (χ0n) is 17.0. The fourth-order valence-electron chi connectivity index (χ4n) is 4.19. The van der Waals surface area contributed by atoms with E-state index in [0.717, 1.165) is 29.3 Å². The van der Waals surface area contributed by atoms with E-state index in [1.54, 1.807) is 30.5 Å². The first kappa shape index (κ1) is 19.5. The van der Waals surface area contributed by atoms with E-state index in [-0.39, 0.29) is 17.6 Å². The fraction of sp³-hybridized carbons (Fsp3) is 0.174. The van der Waals surface area contributed by atoms with Crippen molar-refractivity contribution < 1.29 is 27.8 Å². The first-order valence-corrected chi connectivity index (χ1v) is 10.3. The minimum Gasteiger partial charge on any atom is -0.467 e. The molecule has 2 atom stereocenters. The Morgan fingerprint density at radius 1 is 1.18 bits per heavy atom. The fourth-order valence-corrected chi connectivity index (χ4v) is 4.19. The van der Waals surface area contributed by atoms with E-state index < -0.39 is 23.9 Å². The summed E-state index contributed by atoms with van der Waals surface area (Å²) in [5, 5.41) is 5.12. The molecule has 1 saturated heterocycles. The molecule has 0 aliphatic carbocycles. The van der Waals surface area contributed by atoms with Crippen molar-refractivity contribution in [2.24, 2.45) is 0 Å². The van der Waals surface area contributed by atoms with Crippen LogP contribution in [0, 0.1) is 11.6 Å². The number of pyridine rings is 1. The van der Waals surface area contributed by atoms with Crippen molar-refractivity contribution in [3.05, 3.63) is 71.4 Å². The van der Waals surface area contributed by atoms with Crippen LogP contribution in [0.5, 0.6) is 17.2 Å². The van der Waals surface area contributed by atoms with Crippen LogP contribution in [-0.2, 0) is 11.2 Å². The number of aromatic nitrogens is 1. The van der Waals surface area contributed by atoms with Gasteiger partial charge in [0.15, 0.2) is 0 Å². The number of hydrogen-bond acceptors (Lipinski definition) is 5. The largest absolute Gasteiger partial charge is 0.467 e. The minimum atomic E-state index is -0.731. The van der Waals surface area contributed by atoms with Gasteiger partial charge < -0.3 is 20.1 Å². The maximum atomic E-state index is 13.9. The smallest absolute Gasteiger partial charge is 0.325 e. The molecule has 1 aromatic heterocycles. The zero-order chi connectivity index (χ0) is 22.7. The molecule has 2 N–H and O–H groups in total. The quantitative estimate of drug-likeness (QED) is 0.579. The standard InChI is InChI=1S/C23H16F2N4O4/c24-11-1-4-15(25)16(9-11)27-23(31)29-20-14-10-12(2-5-17(14)33-22(20)29)32-18-7-8-26-21-13(18)3-6-19(30)28-21/h1-2,4-5,7-10,20,22H,3,6H2,(H,27,31)(H,26,28,30). The maximum Gasteiger partial charge on any atom is 0.325 e. The Bertz CT molecular complexity index is 1330. The molecule has 33 heavy (non-hydrogen) atoms. The molecule has 3 aliphatic heterocycles. The number of halogens is 2. The Kier molecular flexibility index (Phi) is 4.22. The number of benzene rings is 2. The molecule has 0 radical (unpaired) electrons. The second-order valence-corrected chi connectivity index (χ2v) is 7.90. The van der Waals surface area contributed by atoms with E-state index in [1.807, 2.05) is 0 Å². The van der Waals surface area contributed by atoms with Gasteiger partial charge in [-0.3, -0.25) is 9.69 Å². The first-order chi connectivity index (χ1) is 16.0. The second kappa shape index (κ2) is 7.16. The third-order valence-corrected chi connectivity index (χ3v) is 5.81. The zero-order valence-corrected chi connectivity index (χ0v) is 17.0. The van der Waals surface area contributed by atoms with Gasteiger partial charge in [-0.25, -0.2) is 18.6 Å². The minimum absolute atomic E-state index is 0.0851. The van der Waals surface area contributed by atoms with Crippen molar-refractivity contribution in [2.75, 3.05) is 10.6 Å². The van der Waals surface area contributed by atoms with Gasteiger partial charge >= 0.3 is 6.03 Å². The number of amides is 3. The Labute approximate surface area is 186 Å². The summed E-state index contributed by atoms with van der Waals surface area (Å²) in [6.45, 7) is 0. The summed E-state index contributed by atoms with van der Waals surface area (Å²) in [7, 11) is 0. The molecule has 166 valence electrons. The summed E-state index contributed by atoms with van der Waals surface area (Å²) in [4.78, 5) is 29.8. The van der Waals surface area contributed by atoms with E-state index in [9.17, 15) is 18.4 Å². The van der Waals surface area contributed by atoms with Crippen LogP contribution in [0.4, 0.5) is 25.1 Å². The molecule has 10 heteroatoms. The van der Waals surface area contributed by atoms with Crippen LogP contribution in [-0.4, -0.2) is 28.1 Å². The SMILES string of the molecule is O=C1CCc2c(Oc3ccc4c(c3)C3C(O4)N3C(=O)Nc3cc(F)ccc3F)ccnc2N1. The van der Waals surface area contributed by atoms with Crippen molar-refractivity contribution >= 4 is 23.4 Å². The van der Waals surface area contributed by atoms with Crippen LogP contribution in [0.15, 0.2) is 48.7 Å². The van der Waals surface area contributed by atoms with E-state index in [2.05, 4.69) is 15.6 Å². The molecule has 4 heterocycles. The molecular weight excluding hydrogens is 434 g/mol. The number of anilines is 2. The summed E-state index contributed by atoms with van der Waals surface area (Å²) in [5.41, 5.74) is 1.33. The van der Waals surface area contributed by atoms with Crippen LogP contribution >= 0.6 is 0 Å². The van der Waals surface area contributed by atoms with Gasteiger partial charge in [0.1, 0.15) is 40.7 Å². The lowest BCUT2D eigenvalue weighted by molar-refractivity contribution is -0.116. The topological polar surface area (TPSA) is 92.6 Å². The van der Waals surface area contributed by atoms with E-state index in [0.29, 0.717) is 35.9 Å². The Balaban J connectivity index is 1.21. The number of nitrogens with one attached hydrogen (secondary N) is 2. The molecule has 0 spiro atoms. The van der Waals surface area contributed by atoms with Gasteiger partial charge in [0.2, 0.25) is 12.1 Å². The molecule has 2 aromatic carbocycles. The highest BCUT2D eigenvalue weighted by molar-refractivity contribution is 5.93. The lowest BCUT2D eigenvalue weighted by Gasteiger charge is -2.19. The molecule has 3 aromatic rings. The van der Waals surface area contributed by atoms with E-state index in [4.69, 9.17) is 9.47 Å². The van der Waals surface area contributed by atoms with Crippen molar-refractivity contribution in [3.63, 3.8) is 0 Å². The highest BCUT2D eigenvalue weighted by atomic mass is 19.1. The van der Waals surface area contributed by atoms with Gasteiger partial charge in [0.05, 0.1) is 5.69 Å². The lowest BCUT2D eigenvalue weighted by atomic mass is 10.1. The van der Waals surface area contributed by atoms with E-state index in [1.165, 1.54) is 4.90 Å². The summed E-state index contributed by atoms with van der Waals surface area (Å²) in [5.74, 6) is 0.766. The number of ether oxygens (including phenoxy) is 2. The summed E-state index contributed by atoms with van der Waals surface area (Å²) >= 11 is 0. The van der Waals surface area contributed by atoms with Gasteiger partial charge in [-0.15, -0.1) is 0 Å². The molecule has 3 amide bonds. The van der Waals surface area contributed by atoms with E-state index >= 15 is 0 Å². The van der Waals surface area contributed by atoms with Crippen LogP contribution in [0.2, 0.25) is 0 Å². The molecule has 6 rings (SSSR count). The summed E-state index contributed by atoms with van der Waals surface area (Å²) < 4.78 is 39.1. The molecule has 8 nitrogen and oxygen atoms in total. The number of carbonyl (C=O) groups excluding carboxylic acids is 2. The van der Waals surface area contributed by atoms with Crippen molar-refractivity contribution in [2.45, 2.75) is 25.1 Å². The normalized spacial score (nSPS) is 19.6. The monoisotopic (exact) mass is 450 g/mol. The Morgan fingerprint density at radius 3 is 2.94 bits per heavy atom. The Hall–Kier alpha value is -4.21. The van der Waals surface area contributed by atoms with Crippen LogP contribution in [0.3, 0.4) is 0 Å². The van der Waals surface area contributed by atoms with Gasteiger partial charge in [-0.2, -0.15) is 0 Å². The number of carbonyl (C=O) groups is 2. The van der Waals surface area contributed by atoms with Gasteiger partial charge in [0, 0.05) is 29.8 Å². The second-order valence-electron chi connectivity index (χ2n) is 7.90. The molecule has 0 bridgehead atoms. The van der Waals surface area contributed by atoms with Crippen molar-refractivity contribution in [1.82, 2.24) is 9.88 Å². The highest BCUT2D eigenvalue weighted by Gasteiger charge is 2.60. The summed E-state index contributed by atoms with van der Waals surface area (Å²) in [6, 6.07) is 8.93. The van der Waals surface area contributed by atoms with Crippen molar-refractivity contribution in [3.8, 4) is 17.2 Å². The highest BCUT2D eigenvalue weighted by Crippen LogP contribution is 2.54. The molecule has 2 unspecified atom stereocenters. The number of fused-ring (bicyclic) bond motifs is 4. The van der Waals surface area contributed by atoms with Gasteiger partial charge in [-0.05, 0) is 42.8 Å². The molecular formula is C23H16F2N4O4. The molecule has 3 aliphatic rings. The number of rotatable bonds is 3. The predicted molar refractivity (Wildman–Crippen MR) is 112 cm³/mol. The third kappa shape index (κ3) is 3.30. The van der Waals surface area contributed by atoms with Crippen molar-refractivity contribution in [1.29, 1.82) is 0 Å². The molecule has 0 saturated carbocycles. The average Bonchev–Trinajstić information content (AvgIpc) is 3.39. The molecule has 1 fully saturated rings. The van der Waals surface area contributed by atoms with Gasteiger partial charge in [0.25, 0.3) is 0 Å². The lowest BCUT2D eigenvalue weighted by Crippen LogP contribution is -2.24.